The standard InChI is InChI=1S/C9H16O2/c10-8-3-5-9(11)4-1-2-7(9)6-8/h7-8,10-11H,1-6H2/t7-,8+,9-/m0/s1. The Balaban J connectivity index is 2.08. The molecule has 2 fully saturated rings. The molecule has 0 heterocycles. The fourth-order valence-corrected chi connectivity index (χ4v) is 2.66. The lowest BCUT2D eigenvalue weighted by Crippen LogP contribution is -2.40. The van der Waals surface area contributed by atoms with Gasteiger partial charge in [0.1, 0.15) is 0 Å². The van der Waals surface area contributed by atoms with Crippen molar-refractivity contribution in [1.29, 1.82) is 0 Å². The van der Waals surface area contributed by atoms with Crippen LogP contribution in [0.4, 0.5) is 0 Å². The van der Waals surface area contributed by atoms with Crippen molar-refractivity contribution in [3.05, 3.63) is 0 Å². The molecule has 2 N–H and O–H groups in total. The molecule has 2 aliphatic carbocycles. The van der Waals surface area contributed by atoms with E-state index >= 15 is 0 Å². The van der Waals surface area contributed by atoms with Crippen LogP contribution >= 0.6 is 0 Å². The van der Waals surface area contributed by atoms with E-state index in [0.29, 0.717) is 5.92 Å². The number of aliphatic hydroxyl groups excluding tert-OH is 1. The van der Waals surface area contributed by atoms with Gasteiger partial charge in [0.15, 0.2) is 0 Å². The van der Waals surface area contributed by atoms with E-state index in [1.165, 1.54) is 0 Å². The Morgan fingerprint density at radius 2 is 2.00 bits per heavy atom. The van der Waals surface area contributed by atoms with Crippen molar-refractivity contribution in [2.75, 3.05) is 0 Å². The van der Waals surface area contributed by atoms with E-state index in [-0.39, 0.29) is 11.7 Å². The van der Waals surface area contributed by atoms with Crippen LogP contribution in [0.3, 0.4) is 0 Å². The maximum atomic E-state index is 10.0. The number of hydrogen-bond donors (Lipinski definition) is 2. The van der Waals surface area contributed by atoms with Gasteiger partial charge in [0.2, 0.25) is 0 Å². The van der Waals surface area contributed by atoms with Crippen molar-refractivity contribution >= 4 is 0 Å². The summed E-state index contributed by atoms with van der Waals surface area (Å²) in [4.78, 5) is 0. The van der Waals surface area contributed by atoms with E-state index in [9.17, 15) is 10.2 Å². The minimum atomic E-state index is -0.390. The fourth-order valence-electron chi connectivity index (χ4n) is 2.66. The first-order valence-electron chi connectivity index (χ1n) is 4.61. The third kappa shape index (κ3) is 1.18. The number of aliphatic hydroxyl groups is 2. The number of hydrogen-bond acceptors (Lipinski definition) is 2. The molecule has 0 amide bonds. The summed E-state index contributed by atoms with van der Waals surface area (Å²) in [5.41, 5.74) is -0.390. The molecule has 2 aliphatic rings. The average molecular weight is 156 g/mol. The average Bonchev–Trinajstić information content (AvgIpc) is 2.31. The van der Waals surface area contributed by atoms with Crippen LogP contribution in [0, 0.1) is 5.92 Å². The minimum Gasteiger partial charge on any atom is -0.393 e. The highest BCUT2D eigenvalue weighted by Gasteiger charge is 2.44. The number of rotatable bonds is 0. The highest BCUT2D eigenvalue weighted by molar-refractivity contribution is 4.96. The Labute approximate surface area is 67.2 Å². The molecule has 0 aliphatic heterocycles. The van der Waals surface area contributed by atoms with Gasteiger partial charge < -0.3 is 10.2 Å². The van der Waals surface area contributed by atoms with Crippen molar-refractivity contribution in [2.24, 2.45) is 5.92 Å². The summed E-state index contributed by atoms with van der Waals surface area (Å²) in [6.07, 6.45) is 5.53. The van der Waals surface area contributed by atoms with Crippen molar-refractivity contribution in [1.82, 2.24) is 0 Å². The molecular weight excluding hydrogens is 140 g/mol. The fraction of sp³-hybridized carbons (Fsp3) is 1.00. The first kappa shape index (κ1) is 7.56. The van der Waals surface area contributed by atoms with Crippen LogP contribution in [0.25, 0.3) is 0 Å². The first-order chi connectivity index (χ1) is 5.21. The van der Waals surface area contributed by atoms with Crippen LogP contribution in [0.15, 0.2) is 0 Å². The van der Waals surface area contributed by atoms with Crippen molar-refractivity contribution in [3.63, 3.8) is 0 Å². The van der Waals surface area contributed by atoms with Crippen LogP contribution in [-0.4, -0.2) is 21.9 Å². The normalized spacial score (nSPS) is 50.7. The van der Waals surface area contributed by atoms with Gasteiger partial charge in [-0.05, 0) is 38.0 Å². The van der Waals surface area contributed by atoms with Crippen LogP contribution in [0.1, 0.15) is 38.5 Å². The lowest BCUT2D eigenvalue weighted by molar-refractivity contribution is -0.0618. The second-order valence-corrected chi connectivity index (χ2v) is 4.12. The molecule has 11 heavy (non-hydrogen) atoms. The predicted octanol–water partition coefficient (Wildman–Crippen LogP) is 1.06. The molecule has 2 saturated carbocycles. The molecule has 3 atom stereocenters. The second-order valence-electron chi connectivity index (χ2n) is 4.12. The highest BCUT2D eigenvalue weighted by Crippen LogP contribution is 2.45. The van der Waals surface area contributed by atoms with Gasteiger partial charge in [0, 0.05) is 0 Å². The van der Waals surface area contributed by atoms with Gasteiger partial charge in [0.25, 0.3) is 0 Å². The quantitative estimate of drug-likeness (QED) is 0.550. The van der Waals surface area contributed by atoms with E-state index in [2.05, 4.69) is 0 Å². The zero-order chi connectivity index (χ0) is 7.90. The van der Waals surface area contributed by atoms with Gasteiger partial charge >= 0.3 is 0 Å². The van der Waals surface area contributed by atoms with E-state index in [1.807, 2.05) is 0 Å². The molecule has 2 nitrogen and oxygen atoms in total. The number of fused-ring (bicyclic) bond motifs is 1. The lowest BCUT2D eigenvalue weighted by atomic mass is 9.76. The molecule has 2 rings (SSSR count). The van der Waals surface area contributed by atoms with E-state index in [1.54, 1.807) is 0 Å². The molecule has 64 valence electrons. The topological polar surface area (TPSA) is 40.5 Å². The first-order valence-corrected chi connectivity index (χ1v) is 4.61. The Bertz CT molecular complexity index is 158. The largest absolute Gasteiger partial charge is 0.393 e. The molecule has 2 heteroatoms. The molecule has 0 aromatic heterocycles. The lowest BCUT2D eigenvalue weighted by Gasteiger charge is -2.36. The molecule has 0 bridgehead atoms. The SMILES string of the molecule is O[C@@H]1CC[C@@]2(O)CCC[C@H]2C1. The van der Waals surface area contributed by atoms with Gasteiger partial charge in [-0.25, -0.2) is 0 Å². The summed E-state index contributed by atoms with van der Waals surface area (Å²) in [5.74, 6) is 0.395. The van der Waals surface area contributed by atoms with Crippen LogP contribution in [0.2, 0.25) is 0 Å². The van der Waals surface area contributed by atoms with Crippen molar-refractivity contribution in [2.45, 2.75) is 50.2 Å². The van der Waals surface area contributed by atoms with Crippen molar-refractivity contribution in [3.8, 4) is 0 Å². The van der Waals surface area contributed by atoms with Crippen LogP contribution in [0.5, 0.6) is 0 Å². The zero-order valence-electron chi connectivity index (χ0n) is 6.79. The summed E-state index contributed by atoms with van der Waals surface area (Å²) >= 11 is 0. The molecule has 0 unspecified atom stereocenters. The van der Waals surface area contributed by atoms with E-state index in [4.69, 9.17) is 0 Å². The highest BCUT2D eigenvalue weighted by atomic mass is 16.3. The Morgan fingerprint density at radius 1 is 1.18 bits per heavy atom. The van der Waals surface area contributed by atoms with Gasteiger partial charge in [-0.2, -0.15) is 0 Å². The summed E-state index contributed by atoms with van der Waals surface area (Å²) in [6.45, 7) is 0. The van der Waals surface area contributed by atoms with Gasteiger partial charge in [-0.1, -0.05) is 6.42 Å². The van der Waals surface area contributed by atoms with Crippen LogP contribution in [-0.2, 0) is 0 Å². The predicted molar refractivity (Wildman–Crippen MR) is 42.1 cm³/mol. The minimum absolute atomic E-state index is 0.140. The molecule has 0 saturated heterocycles. The molecule has 0 aromatic rings. The molecule has 0 spiro atoms. The van der Waals surface area contributed by atoms with Gasteiger partial charge in [0.05, 0.1) is 11.7 Å². The summed E-state index contributed by atoms with van der Waals surface area (Å²) < 4.78 is 0. The zero-order valence-corrected chi connectivity index (χ0v) is 6.79. The van der Waals surface area contributed by atoms with Crippen LogP contribution < -0.4 is 0 Å². The molecule has 0 radical (unpaired) electrons. The maximum absolute atomic E-state index is 10.0. The van der Waals surface area contributed by atoms with Crippen molar-refractivity contribution < 1.29 is 10.2 Å². The smallest absolute Gasteiger partial charge is 0.0677 e. The van der Waals surface area contributed by atoms with Gasteiger partial charge in [-0.15, -0.1) is 0 Å². The van der Waals surface area contributed by atoms with E-state index in [0.717, 1.165) is 38.5 Å². The Morgan fingerprint density at radius 3 is 2.82 bits per heavy atom. The molecular formula is C9H16O2. The monoisotopic (exact) mass is 156 g/mol. The maximum Gasteiger partial charge on any atom is 0.0677 e. The molecule has 0 aromatic carbocycles. The summed E-state index contributed by atoms with van der Waals surface area (Å²) in [6, 6.07) is 0. The third-order valence-corrected chi connectivity index (χ3v) is 3.39. The summed E-state index contributed by atoms with van der Waals surface area (Å²) in [7, 11) is 0. The Kier molecular flexibility index (Phi) is 1.69. The van der Waals surface area contributed by atoms with Gasteiger partial charge in [-0.3, -0.25) is 0 Å². The summed E-state index contributed by atoms with van der Waals surface area (Å²) in [5, 5.41) is 19.4. The second kappa shape index (κ2) is 2.46. The van der Waals surface area contributed by atoms with E-state index < -0.39 is 0 Å². The third-order valence-electron chi connectivity index (χ3n) is 3.39. The Hall–Kier alpha value is -0.0800.